The molecule has 0 aliphatic heterocycles. The van der Waals surface area contributed by atoms with Gasteiger partial charge in [-0.25, -0.2) is 4.98 Å². The Morgan fingerprint density at radius 2 is 1.91 bits per heavy atom. The first-order valence-corrected chi connectivity index (χ1v) is 11.5. The molecule has 0 atom stereocenters. The van der Waals surface area contributed by atoms with E-state index in [1.54, 1.807) is 41.7 Å². The molecule has 0 bridgehead atoms. The minimum Gasteiger partial charge on any atom is -0.487 e. The highest BCUT2D eigenvalue weighted by atomic mass is 32.1. The molecule has 0 fully saturated rings. The zero-order chi connectivity index (χ0) is 23.8. The summed E-state index contributed by atoms with van der Waals surface area (Å²) >= 11 is 1.58. The van der Waals surface area contributed by atoms with Crippen molar-refractivity contribution >= 4 is 34.9 Å². The molecule has 0 spiro atoms. The number of hydrogen-bond acceptors (Lipinski definition) is 6. The average molecular weight is 474 g/mol. The monoisotopic (exact) mass is 473 g/mol. The summed E-state index contributed by atoms with van der Waals surface area (Å²) in [6.45, 7) is 2.69. The van der Waals surface area contributed by atoms with Gasteiger partial charge in [0.2, 0.25) is 5.91 Å². The Morgan fingerprint density at radius 3 is 2.65 bits per heavy atom. The van der Waals surface area contributed by atoms with Gasteiger partial charge in [-0.2, -0.15) is 0 Å². The summed E-state index contributed by atoms with van der Waals surface area (Å²) in [5.74, 6) is 0.389. The van der Waals surface area contributed by atoms with Gasteiger partial charge >= 0.3 is 0 Å². The Morgan fingerprint density at radius 1 is 1.09 bits per heavy atom. The van der Waals surface area contributed by atoms with Crippen LogP contribution in [0.15, 0.2) is 82.8 Å². The van der Waals surface area contributed by atoms with Crippen molar-refractivity contribution in [2.45, 2.75) is 20.1 Å². The van der Waals surface area contributed by atoms with Gasteiger partial charge in [-0.15, -0.1) is 11.3 Å². The molecule has 2 N–H and O–H groups in total. The largest absolute Gasteiger partial charge is 0.487 e. The first-order chi connectivity index (χ1) is 16.6. The maximum Gasteiger partial charge on any atom is 0.291 e. The molecule has 2 heterocycles. The molecule has 8 heteroatoms. The number of carbonyl (C=O) groups excluding carboxylic acids is 2. The maximum atomic E-state index is 12.3. The third kappa shape index (κ3) is 6.43. The van der Waals surface area contributed by atoms with Crippen molar-refractivity contribution in [1.29, 1.82) is 0 Å². The SMILES string of the molecule is Cc1nc(COc2ccccc2/C=C/C(=O)NCc2ccc(NC(=O)c3ccco3)cc2)cs1. The van der Waals surface area contributed by atoms with Gasteiger partial charge in [0, 0.05) is 29.3 Å². The molecule has 4 rings (SSSR count). The molecule has 4 aromatic rings. The zero-order valence-electron chi connectivity index (χ0n) is 18.5. The van der Waals surface area contributed by atoms with Crippen LogP contribution in [-0.2, 0) is 17.9 Å². The van der Waals surface area contributed by atoms with E-state index in [9.17, 15) is 9.59 Å². The van der Waals surface area contributed by atoms with Crippen LogP contribution in [0.4, 0.5) is 5.69 Å². The van der Waals surface area contributed by atoms with Crippen molar-refractivity contribution < 1.29 is 18.7 Å². The number of furan rings is 1. The number of rotatable bonds is 9. The Hall–Kier alpha value is -4.17. The van der Waals surface area contributed by atoms with E-state index < -0.39 is 0 Å². The van der Waals surface area contributed by atoms with Crippen molar-refractivity contribution in [3.05, 3.63) is 106 Å². The standard InChI is InChI=1S/C26H23N3O4S/c1-18-28-22(17-34-18)16-33-23-6-3-2-5-20(23)10-13-25(30)27-15-19-8-11-21(12-9-19)29-26(31)24-7-4-14-32-24/h2-14,17H,15-16H2,1H3,(H,27,30)(H,29,31)/b13-10+. The van der Waals surface area contributed by atoms with Gasteiger partial charge in [0.05, 0.1) is 17.0 Å². The molecule has 0 aliphatic carbocycles. The Balaban J connectivity index is 1.27. The van der Waals surface area contributed by atoms with Crippen LogP contribution in [-0.4, -0.2) is 16.8 Å². The molecule has 0 unspecified atom stereocenters. The van der Waals surface area contributed by atoms with Gasteiger partial charge in [0.25, 0.3) is 5.91 Å². The summed E-state index contributed by atoms with van der Waals surface area (Å²) in [5.41, 5.74) is 3.23. The number of para-hydroxylation sites is 1. The number of aryl methyl sites for hydroxylation is 1. The lowest BCUT2D eigenvalue weighted by molar-refractivity contribution is -0.116. The summed E-state index contributed by atoms with van der Waals surface area (Å²) in [6.07, 6.45) is 4.65. The first kappa shape index (κ1) is 23.0. The predicted octanol–water partition coefficient (Wildman–Crippen LogP) is 5.21. The molecule has 2 aromatic carbocycles. The van der Waals surface area contributed by atoms with Crippen LogP contribution in [0, 0.1) is 6.92 Å². The summed E-state index contributed by atoms with van der Waals surface area (Å²) in [4.78, 5) is 28.7. The molecule has 0 saturated carbocycles. The van der Waals surface area contributed by atoms with Gasteiger partial charge in [0.15, 0.2) is 5.76 Å². The number of benzene rings is 2. The minimum atomic E-state index is -0.317. The molecule has 0 saturated heterocycles. The van der Waals surface area contributed by atoms with Gasteiger partial charge in [-0.1, -0.05) is 30.3 Å². The highest BCUT2D eigenvalue weighted by molar-refractivity contribution is 7.09. The molecule has 34 heavy (non-hydrogen) atoms. The summed E-state index contributed by atoms with van der Waals surface area (Å²) < 4.78 is 11.0. The number of aromatic nitrogens is 1. The number of nitrogens with one attached hydrogen (secondary N) is 2. The number of anilines is 1. The normalized spacial score (nSPS) is 10.9. The van der Waals surface area contributed by atoms with Crippen LogP contribution in [0.5, 0.6) is 5.75 Å². The quantitative estimate of drug-likeness (QED) is 0.326. The van der Waals surface area contributed by atoms with Crippen molar-refractivity contribution in [3.8, 4) is 5.75 Å². The molecule has 7 nitrogen and oxygen atoms in total. The van der Waals surface area contributed by atoms with Crippen LogP contribution in [0.1, 0.15) is 32.4 Å². The summed E-state index contributed by atoms with van der Waals surface area (Å²) in [5, 5.41) is 8.58. The second-order valence-electron chi connectivity index (χ2n) is 7.36. The summed E-state index contributed by atoms with van der Waals surface area (Å²) in [7, 11) is 0. The number of hydrogen-bond donors (Lipinski definition) is 2. The van der Waals surface area contributed by atoms with E-state index in [0.717, 1.165) is 21.8 Å². The minimum absolute atomic E-state index is 0.222. The zero-order valence-corrected chi connectivity index (χ0v) is 19.3. The second kappa shape index (κ2) is 11.1. The van der Waals surface area contributed by atoms with Crippen molar-refractivity contribution in [3.63, 3.8) is 0 Å². The lowest BCUT2D eigenvalue weighted by atomic mass is 10.2. The fraction of sp³-hybridized carbons (Fsp3) is 0.115. The van der Waals surface area contributed by atoms with Gasteiger partial charge in [0.1, 0.15) is 12.4 Å². The highest BCUT2D eigenvalue weighted by Crippen LogP contribution is 2.21. The second-order valence-corrected chi connectivity index (χ2v) is 8.43. The molecule has 172 valence electrons. The van der Waals surface area contributed by atoms with Crippen LogP contribution < -0.4 is 15.4 Å². The fourth-order valence-electron chi connectivity index (χ4n) is 3.10. The highest BCUT2D eigenvalue weighted by Gasteiger charge is 2.08. The smallest absolute Gasteiger partial charge is 0.291 e. The molecule has 2 aromatic heterocycles. The van der Waals surface area contributed by atoms with E-state index >= 15 is 0 Å². The van der Waals surface area contributed by atoms with Crippen molar-refractivity contribution in [1.82, 2.24) is 10.3 Å². The van der Waals surface area contributed by atoms with E-state index in [2.05, 4.69) is 15.6 Å². The maximum absolute atomic E-state index is 12.3. The Labute approximate surface area is 201 Å². The lowest BCUT2D eigenvalue weighted by Gasteiger charge is -2.08. The van der Waals surface area contributed by atoms with Crippen LogP contribution in [0.3, 0.4) is 0 Å². The van der Waals surface area contributed by atoms with Crippen molar-refractivity contribution in [2.24, 2.45) is 0 Å². The van der Waals surface area contributed by atoms with Gasteiger partial charge in [-0.3, -0.25) is 9.59 Å². The molecule has 0 aliphatic rings. The summed E-state index contributed by atoms with van der Waals surface area (Å²) in [6, 6.07) is 18.0. The van der Waals surface area contributed by atoms with Gasteiger partial charge < -0.3 is 19.8 Å². The number of nitrogens with zero attached hydrogens (tertiary/aromatic N) is 1. The van der Waals surface area contributed by atoms with Gasteiger partial charge in [-0.05, 0) is 48.9 Å². The number of thiazole rings is 1. The average Bonchev–Trinajstić information content (AvgIpc) is 3.53. The predicted molar refractivity (Wildman–Crippen MR) is 132 cm³/mol. The van der Waals surface area contributed by atoms with Crippen LogP contribution >= 0.6 is 11.3 Å². The van der Waals surface area contributed by atoms with E-state index in [1.807, 2.05) is 48.7 Å². The third-order valence-electron chi connectivity index (χ3n) is 4.80. The van der Waals surface area contributed by atoms with E-state index in [-0.39, 0.29) is 17.6 Å². The third-order valence-corrected chi connectivity index (χ3v) is 5.62. The number of ether oxygens (including phenoxy) is 1. The van der Waals surface area contributed by atoms with E-state index in [1.165, 1.54) is 12.3 Å². The lowest BCUT2D eigenvalue weighted by Crippen LogP contribution is -2.20. The number of carbonyl (C=O) groups is 2. The first-order valence-electron chi connectivity index (χ1n) is 10.6. The Bertz CT molecular complexity index is 1280. The van der Waals surface area contributed by atoms with E-state index in [4.69, 9.17) is 9.15 Å². The molecule has 0 radical (unpaired) electrons. The molecule has 2 amide bonds. The molecular formula is C26H23N3O4S. The van der Waals surface area contributed by atoms with E-state index in [0.29, 0.717) is 24.6 Å². The van der Waals surface area contributed by atoms with Crippen molar-refractivity contribution in [2.75, 3.05) is 5.32 Å². The van der Waals surface area contributed by atoms with Crippen LogP contribution in [0.2, 0.25) is 0 Å². The van der Waals surface area contributed by atoms with Crippen LogP contribution in [0.25, 0.3) is 6.08 Å². The Kier molecular flexibility index (Phi) is 7.52. The number of amides is 2. The topological polar surface area (TPSA) is 93.5 Å². The molecular weight excluding hydrogens is 450 g/mol. The fourth-order valence-corrected chi connectivity index (χ4v) is 3.69.